The van der Waals surface area contributed by atoms with Crippen LogP contribution in [-0.2, 0) is 4.79 Å². The van der Waals surface area contributed by atoms with Crippen LogP contribution in [0.1, 0.15) is 25.7 Å². The first-order chi connectivity index (χ1) is 5.23. The number of amides is 1. The number of hydrogen-bond donors (Lipinski definition) is 2. The van der Waals surface area contributed by atoms with Gasteiger partial charge in [-0.05, 0) is 25.7 Å². The predicted molar refractivity (Wildman–Crippen MR) is 41.9 cm³/mol. The molecule has 1 saturated carbocycles. The summed E-state index contributed by atoms with van der Waals surface area (Å²) in [6, 6.07) is 0.663. The molecule has 2 heterocycles. The van der Waals surface area contributed by atoms with Gasteiger partial charge in [-0.2, -0.15) is 0 Å². The van der Waals surface area contributed by atoms with Crippen LogP contribution < -0.4 is 11.1 Å². The van der Waals surface area contributed by atoms with Crippen LogP contribution in [0.25, 0.3) is 0 Å². The maximum absolute atomic E-state index is 11.1. The van der Waals surface area contributed by atoms with Crippen molar-refractivity contribution in [3.8, 4) is 0 Å². The third-order valence-corrected chi connectivity index (χ3v) is 3.19. The molecule has 3 nitrogen and oxygen atoms in total. The lowest BCUT2D eigenvalue weighted by Gasteiger charge is -2.44. The summed E-state index contributed by atoms with van der Waals surface area (Å²) in [5.41, 5.74) is 5.17. The standard InChI is InChI=1S/C8H14N2O/c9-7(11)8-3-1-6(2-4-8)10-5-8/h6,10H,1-5H2,(H2,9,11). The van der Waals surface area contributed by atoms with E-state index in [4.69, 9.17) is 5.73 Å². The van der Waals surface area contributed by atoms with E-state index in [9.17, 15) is 4.79 Å². The number of fused-ring (bicyclic) bond motifs is 3. The second-order valence-electron chi connectivity index (χ2n) is 3.80. The number of rotatable bonds is 1. The van der Waals surface area contributed by atoms with Gasteiger partial charge in [-0.15, -0.1) is 0 Å². The molecule has 0 spiro atoms. The second kappa shape index (κ2) is 2.21. The highest BCUT2D eigenvalue weighted by Gasteiger charge is 2.44. The molecule has 1 amide bonds. The molecular formula is C8H14N2O. The van der Waals surface area contributed by atoms with Crippen molar-refractivity contribution in [2.24, 2.45) is 11.1 Å². The van der Waals surface area contributed by atoms with Crippen molar-refractivity contribution >= 4 is 5.91 Å². The molecule has 0 aromatic carbocycles. The lowest BCUT2D eigenvalue weighted by Crippen LogP contribution is -2.56. The van der Waals surface area contributed by atoms with Gasteiger partial charge >= 0.3 is 0 Å². The van der Waals surface area contributed by atoms with Crippen LogP contribution >= 0.6 is 0 Å². The van der Waals surface area contributed by atoms with E-state index in [0.717, 1.165) is 32.2 Å². The van der Waals surface area contributed by atoms with E-state index in [1.807, 2.05) is 0 Å². The van der Waals surface area contributed by atoms with E-state index in [2.05, 4.69) is 5.32 Å². The molecule has 2 saturated heterocycles. The first-order valence-corrected chi connectivity index (χ1v) is 4.26. The smallest absolute Gasteiger partial charge is 0.224 e. The number of nitrogens with two attached hydrogens (primary N) is 1. The van der Waals surface area contributed by atoms with Gasteiger partial charge in [0.05, 0.1) is 5.41 Å². The first-order valence-electron chi connectivity index (χ1n) is 4.26. The normalized spacial score (nSPS) is 42.4. The van der Waals surface area contributed by atoms with Gasteiger partial charge in [0, 0.05) is 12.6 Å². The molecule has 3 fully saturated rings. The fourth-order valence-electron chi connectivity index (χ4n) is 2.22. The minimum Gasteiger partial charge on any atom is -0.369 e. The Morgan fingerprint density at radius 2 is 2.09 bits per heavy atom. The molecule has 0 unspecified atom stereocenters. The Hall–Kier alpha value is -0.570. The molecular weight excluding hydrogens is 140 g/mol. The van der Waals surface area contributed by atoms with Crippen molar-refractivity contribution in [1.29, 1.82) is 0 Å². The molecule has 2 aliphatic heterocycles. The van der Waals surface area contributed by atoms with Crippen LogP contribution in [-0.4, -0.2) is 18.5 Å². The lowest BCUT2D eigenvalue weighted by atomic mass is 9.68. The highest BCUT2D eigenvalue weighted by molar-refractivity contribution is 5.81. The van der Waals surface area contributed by atoms with Crippen LogP contribution in [0.2, 0.25) is 0 Å². The molecule has 0 aromatic heterocycles. The zero-order valence-electron chi connectivity index (χ0n) is 6.60. The van der Waals surface area contributed by atoms with E-state index in [-0.39, 0.29) is 11.3 Å². The van der Waals surface area contributed by atoms with Gasteiger partial charge < -0.3 is 11.1 Å². The molecule has 0 aromatic rings. The van der Waals surface area contributed by atoms with E-state index in [1.54, 1.807) is 0 Å². The van der Waals surface area contributed by atoms with Crippen LogP contribution in [0.4, 0.5) is 0 Å². The van der Waals surface area contributed by atoms with Crippen LogP contribution in [0.3, 0.4) is 0 Å². The Balaban J connectivity index is 2.18. The number of primary amides is 1. The third kappa shape index (κ3) is 0.948. The Labute approximate surface area is 66.3 Å². The van der Waals surface area contributed by atoms with E-state index in [1.165, 1.54) is 0 Å². The summed E-state index contributed by atoms with van der Waals surface area (Å²) in [5, 5.41) is 3.34. The Bertz CT molecular complexity index is 169. The van der Waals surface area contributed by atoms with Gasteiger partial charge in [-0.3, -0.25) is 4.79 Å². The average Bonchev–Trinajstić information content (AvgIpc) is 2.08. The van der Waals surface area contributed by atoms with Gasteiger partial charge in [0.1, 0.15) is 0 Å². The summed E-state index contributed by atoms with van der Waals surface area (Å²) < 4.78 is 0. The van der Waals surface area contributed by atoms with Crippen LogP contribution in [0.15, 0.2) is 0 Å². The first kappa shape index (κ1) is 7.10. The molecule has 2 bridgehead atoms. The number of nitrogens with one attached hydrogen (secondary N) is 1. The summed E-state index contributed by atoms with van der Waals surface area (Å²) in [5.74, 6) is -0.108. The zero-order chi connectivity index (χ0) is 7.90. The number of hydrogen-bond acceptors (Lipinski definition) is 2. The SMILES string of the molecule is NC(=O)C12CCC(CC1)NC2. The lowest BCUT2D eigenvalue weighted by molar-refractivity contribution is -0.131. The summed E-state index contributed by atoms with van der Waals surface area (Å²) >= 11 is 0. The van der Waals surface area contributed by atoms with E-state index < -0.39 is 0 Å². The summed E-state index contributed by atoms with van der Waals surface area (Å²) in [6.07, 6.45) is 4.26. The molecule has 3 N–H and O–H groups in total. The molecule has 11 heavy (non-hydrogen) atoms. The quantitative estimate of drug-likeness (QED) is 0.558. The number of carbonyl (C=O) groups is 1. The monoisotopic (exact) mass is 154 g/mol. The third-order valence-electron chi connectivity index (χ3n) is 3.19. The van der Waals surface area contributed by atoms with Gasteiger partial charge in [-0.25, -0.2) is 0 Å². The predicted octanol–water partition coefficient (Wildman–Crippen LogP) is 0.00390. The second-order valence-corrected chi connectivity index (χ2v) is 3.80. The Morgan fingerprint density at radius 1 is 1.45 bits per heavy atom. The minimum absolute atomic E-state index is 0.108. The van der Waals surface area contributed by atoms with Crippen LogP contribution in [0, 0.1) is 5.41 Å². The molecule has 3 rings (SSSR count). The molecule has 3 aliphatic rings. The summed E-state index contributed by atoms with van der Waals surface area (Å²) in [7, 11) is 0. The molecule has 0 atom stereocenters. The number of carbonyl (C=O) groups excluding carboxylic acids is 1. The van der Waals surface area contributed by atoms with Crippen molar-refractivity contribution in [3.63, 3.8) is 0 Å². The largest absolute Gasteiger partial charge is 0.369 e. The molecule has 62 valence electrons. The molecule has 0 radical (unpaired) electrons. The average molecular weight is 154 g/mol. The summed E-state index contributed by atoms with van der Waals surface area (Å²) in [4.78, 5) is 11.1. The van der Waals surface area contributed by atoms with Crippen molar-refractivity contribution < 1.29 is 4.79 Å². The van der Waals surface area contributed by atoms with Gasteiger partial charge in [0.15, 0.2) is 0 Å². The van der Waals surface area contributed by atoms with E-state index >= 15 is 0 Å². The highest BCUT2D eigenvalue weighted by Crippen LogP contribution is 2.39. The van der Waals surface area contributed by atoms with Gasteiger partial charge in [0.25, 0.3) is 0 Å². The molecule has 3 heteroatoms. The fraction of sp³-hybridized carbons (Fsp3) is 0.875. The Morgan fingerprint density at radius 3 is 2.36 bits per heavy atom. The van der Waals surface area contributed by atoms with Crippen molar-refractivity contribution in [1.82, 2.24) is 5.32 Å². The molecule has 1 aliphatic carbocycles. The van der Waals surface area contributed by atoms with E-state index in [0.29, 0.717) is 6.04 Å². The van der Waals surface area contributed by atoms with Crippen molar-refractivity contribution in [3.05, 3.63) is 0 Å². The fourth-order valence-corrected chi connectivity index (χ4v) is 2.22. The minimum atomic E-state index is -0.186. The highest BCUT2D eigenvalue weighted by atomic mass is 16.1. The Kier molecular flexibility index (Phi) is 1.42. The summed E-state index contributed by atoms with van der Waals surface area (Å²) in [6.45, 7) is 0.812. The van der Waals surface area contributed by atoms with Crippen molar-refractivity contribution in [2.75, 3.05) is 6.54 Å². The van der Waals surface area contributed by atoms with Gasteiger partial charge in [-0.1, -0.05) is 0 Å². The maximum atomic E-state index is 11.1. The topological polar surface area (TPSA) is 55.1 Å². The number of piperidine rings is 2. The maximum Gasteiger partial charge on any atom is 0.224 e. The van der Waals surface area contributed by atoms with Crippen molar-refractivity contribution in [2.45, 2.75) is 31.7 Å². The van der Waals surface area contributed by atoms with Crippen LogP contribution in [0.5, 0.6) is 0 Å². The van der Waals surface area contributed by atoms with Gasteiger partial charge in [0.2, 0.25) is 5.91 Å². The zero-order valence-corrected chi connectivity index (χ0v) is 6.60.